The molecule has 3 rings (SSSR count). The van der Waals surface area contributed by atoms with Crippen LogP contribution >= 0.6 is 0 Å². The summed E-state index contributed by atoms with van der Waals surface area (Å²) in [6.45, 7) is 5.77. The van der Waals surface area contributed by atoms with Crippen LogP contribution in [0.1, 0.15) is 24.2 Å². The van der Waals surface area contributed by atoms with E-state index in [1.165, 1.54) is 0 Å². The molecule has 1 aliphatic rings. The SMILES string of the molecule is COc1ccc(Nc2ccccc2C(=O)N2CCOC(C)(C)C2)cc1. The van der Waals surface area contributed by atoms with Gasteiger partial charge < -0.3 is 19.7 Å². The largest absolute Gasteiger partial charge is 0.497 e. The predicted molar refractivity (Wildman–Crippen MR) is 98.7 cm³/mol. The Labute approximate surface area is 148 Å². The van der Waals surface area contributed by atoms with Crippen LogP contribution in [-0.4, -0.2) is 43.2 Å². The molecule has 0 saturated carbocycles. The first-order chi connectivity index (χ1) is 12.0. The molecule has 0 atom stereocenters. The molecule has 1 aliphatic heterocycles. The molecule has 5 nitrogen and oxygen atoms in total. The van der Waals surface area contributed by atoms with E-state index in [0.717, 1.165) is 17.1 Å². The molecule has 1 saturated heterocycles. The Balaban J connectivity index is 1.81. The van der Waals surface area contributed by atoms with E-state index in [0.29, 0.717) is 25.3 Å². The topological polar surface area (TPSA) is 50.8 Å². The number of hydrogen-bond donors (Lipinski definition) is 1. The monoisotopic (exact) mass is 340 g/mol. The second kappa shape index (κ2) is 7.15. The first kappa shape index (κ1) is 17.3. The minimum atomic E-state index is -0.313. The normalized spacial score (nSPS) is 16.4. The van der Waals surface area contributed by atoms with E-state index in [1.807, 2.05) is 67.3 Å². The number of rotatable bonds is 4. The third-order valence-electron chi connectivity index (χ3n) is 4.24. The zero-order valence-corrected chi connectivity index (χ0v) is 14.9. The van der Waals surface area contributed by atoms with Gasteiger partial charge >= 0.3 is 0 Å². The van der Waals surface area contributed by atoms with Crippen LogP contribution < -0.4 is 10.1 Å². The van der Waals surface area contributed by atoms with E-state index in [1.54, 1.807) is 7.11 Å². The highest BCUT2D eigenvalue weighted by Gasteiger charge is 2.31. The zero-order valence-electron chi connectivity index (χ0n) is 14.9. The third kappa shape index (κ3) is 4.12. The maximum Gasteiger partial charge on any atom is 0.256 e. The quantitative estimate of drug-likeness (QED) is 0.922. The van der Waals surface area contributed by atoms with Gasteiger partial charge in [-0.05, 0) is 50.2 Å². The lowest BCUT2D eigenvalue weighted by molar-refractivity contribution is -0.0763. The number of hydrogen-bond acceptors (Lipinski definition) is 4. The van der Waals surface area contributed by atoms with Crippen molar-refractivity contribution in [2.24, 2.45) is 0 Å². The van der Waals surface area contributed by atoms with Crippen LogP contribution in [0, 0.1) is 0 Å². The first-order valence-electron chi connectivity index (χ1n) is 8.42. The maximum absolute atomic E-state index is 13.0. The smallest absolute Gasteiger partial charge is 0.256 e. The summed E-state index contributed by atoms with van der Waals surface area (Å²) in [6.07, 6.45) is 0. The Morgan fingerprint density at radius 2 is 1.88 bits per heavy atom. The number of nitrogens with zero attached hydrogens (tertiary/aromatic N) is 1. The van der Waals surface area contributed by atoms with E-state index in [-0.39, 0.29) is 11.5 Å². The molecule has 0 aromatic heterocycles. The van der Waals surface area contributed by atoms with Gasteiger partial charge in [0.2, 0.25) is 0 Å². The van der Waals surface area contributed by atoms with Gasteiger partial charge in [-0.15, -0.1) is 0 Å². The second-order valence-electron chi connectivity index (χ2n) is 6.73. The summed E-state index contributed by atoms with van der Waals surface area (Å²) < 4.78 is 10.9. The molecule has 1 heterocycles. The van der Waals surface area contributed by atoms with E-state index in [2.05, 4.69) is 5.32 Å². The third-order valence-corrected chi connectivity index (χ3v) is 4.24. The number of ether oxygens (including phenoxy) is 2. The number of carbonyl (C=O) groups is 1. The molecule has 132 valence electrons. The van der Waals surface area contributed by atoms with Gasteiger partial charge in [0.1, 0.15) is 5.75 Å². The average Bonchev–Trinajstić information content (AvgIpc) is 2.61. The van der Waals surface area contributed by atoms with Crippen molar-refractivity contribution < 1.29 is 14.3 Å². The van der Waals surface area contributed by atoms with Crippen molar-refractivity contribution in [3.05, 3.63) is 54.1 Å². The Morgan fingerprint density at radius 3 is 2.56 bits per heavy atom. The van der Waals surface area contributed by atoms with Crippen LogP contribution in [-0.2, 0) is 4.74 Å². The highest BCUT2D eigenvalue weighted by Crippen LogP contribution is 2.25. The van der Waals surface area contributed by atoms with E-state index < -0.39 is 0 Å². The Kier molecular flexibility index (Phi) is 4.95. The van der Waals surface area contributed by atoms with E-state index >= 15 is 0 Å². The summed E-state index contributed by atoms with van der Waals surface area (Å²) in [5.41, 5.74) is 2.05. The van der Waals surface area contributed by atoms with Crippen molar-refractivity contribution in [3.8, 4) is 5.75 Å². The number of benzene rings is 2. The van der Waals surface area contributed by atoms with Gasteiger partial charge in [0.25, 0.3) is 5.91 Å². The molecule has 1 amide bonds. The molecular weight excluding hydrogens is 316 g/mol. The van der Waals surface area contributed by atoms with Crippen LogP contribution in [0.3, 0.4) is 0 Å². The molecule has 1 fully saturated rings. The van der Waals surface area contributed by atoms with E-state index in [4.69, 9.17) is 9.47 Å². The fourth-order valence-electron chi connectivity index (χ4n) is 2.97. The number of carbonyl (C=O) groups excluding carboxylic acids is 1. The van der Waals surface area contributed by atoms with Gasteiger partial charge in [-0.2, -0.15) is 0 Å². The summed E-state index contributed by atoms with van der Waals surface area (Å²) in [6, 6.07) is 15.2. The Hall–Kier alpha value is -2.53. The van der Waals surface area contributed by atoms with Crippen molar-refractivity contribution in [2.45, 2.75) is 19.4 Å². The number of nitrogens with one attached hydrogen (secondary N) is 1. The Bertz CT molecular complexity index is 741. The molecule has 25 heavy (non-hydrogen) atoms. The van der Waals surface area contributed by atoms with Gasteiger partial charge in [-0.25, -0.2) is 0 Å². The average molecular weight is 340 g/mol. The second-order valence-corrected chi connectivity index (χ2v) is 6.73. The molecule has 0 spiro atoms. The number of amides is 1. The van der Waals surface area contributed by atoms with Crippen molar-refractivity contribution >= 4 is 17.3 Å². The van der Waals surface area contributed by atoms with Crippen molar-refractivity contribution in [3.63, 3.8) is 0 Å². The number of anilines is 2. The van der Waals surface area contributed by atoms with Crippen LogP contribution in [0.25, 0.3) is 0 Å². The lowest BCUT2D eigenvalue weighted by Crippen LogP contribution is -2.50. The van der Waals surface area contributed by atoms with Gasteiger partial charge in [-0.1, -0.05) is 12.1 Å². The number of para-hydroxylation sites is 1. The molecule has 0 bridgehead atoms. The summed E-state index contributed by atoms with van der Waals surface area (Å²) in [5, 5.41) is 3.33. The molecule has 0 aliphatic carbocycles. The van der Waals surface area contributed by atoms with Crippen LogP contribution in [0.4, 0.5) is 11.4 Å². The van der Waals surface area contributed by atoms with Gasteiger partial charge in [-0.3, -0.25) is 4.79 Å². The zero-order chi connectivity index (χ0) is 17.9. The maximum atomic E-state index is 13.0. The van der Waals surface area contributed by atoms with Crippen LogP contribution in [0.2, 0.25) is 0 Å². The van der Waals surface area contributed by atoms with Gasteiger partial charge in [0.05, 0.1) is 30.6 Å². The fraction of sp³-hybridized carbons (Fsp3) is 0.350. The lowest BCUT2D eigenvalue weighted by Gasteiger charge is -2.38. The summed E-state index contributed by atoms with van der Waals surface area (Å²) in [5.74, 6) is 0.818. The minimum absolute atomic E-state index is 0.0213. The summed E-state index contributed by atoms with van der Waals surface area (Å²) >= 11 is 0. The number of methoxy groups -OCH3 is 1. The molecule has 2 aromatic rings. The Morgan fingerprint density at radius 1 is 1.16 bits per heavy atom. The molecule has 0 radical (unpaired) electrons. The van der Waals surface area contributed by atoms with Crippen molar-refractivity contribution in [1.82, 2.24) is 4.90 Å². The van der Waals surface area contributed by atoms with Crippen LogP contribution in [0.15, 0.2) is 48.5 Å². The van der Waals surface area contributed by atoms with Crippen molar-refractivity contribution in [2.75, 3.05) is 32.1 Å². The highest BCUT2D eigenvalue weighted by molar-refractivity contribution is 6.00. The van der Waals surface area contributed by atoms with Crippen LogP contribution in [0.5, 0.6) is 5.75 Å². The first-order valence-corrected chi connectivity index (χ1v) is 8.42. The summed E-state index contributed by atoms with van der Waals surface area (Å²) in [4.78, 5) is 14.9. The highest BCUT2D eigenvalue weighted by atomic mass is 16.5. The van der Waals surface area contributed by atoms with Crippen molar-refractivity contribution in [1.29, 1.82) is 0 Å². The molecule has 0 unspecified atom stereocenters. The summed E-state index contributed by atoms with van der Waals surface area (Å²) in [7, 11) is 1.64. The molecular formula is C20H24N2O3. The number of morpholine rings is 1. The van der Waals surface area contributed by atoms with Gasteiger partial charge in [0, 0.05) is 18.8 Å². The predicted octanol–water partition coefficient (Wildman–Crippen LogP) is 3.69. The molecule has 5 heteroatoms. The minimum Gasteiger partial charge on any atom is -0.497 e. The fourth-order valence-corrected chi connectivity index (χ4v) is 2.97. The molecule has 2 aromatic carbocycles. The molecule has 1 N–H and O–H groups in total. The standard InChI is InChI=1S/C20H24N2O3/c1-20(2)14-22(12-13-25-20)19(23)17-6-4-5-7-18(17)21-15-8-10-16(24-3)11-9-15/h4-11,21H,12-14H2,1-3H3. The van der Waals surface area contributed by atoms with E-state index in [9.17, 15) is 4.79 Å². The van der Waals surface area contributed by atoms with Gasteiger partial charge in [0.15, 0.2) is 0 Å². The lowest BCUT2D eigenvalue weighted by atomic mass is 10.1.